The molecule has 1 aliphatic heterocycles. The number of hydrogen-bond donors (Lipinski definition) is 2. The van der Waals surface area contributed by atoms with Crippen molar-refractivity contribution in [3.8, 4) is 0 Å². The van der Waals surface area contributed by atoms with Crippen LogP contribution in [0.15, 0.2) is 24.3 Å². The standard InChI is InChI=1S/C13H19NO2/c1-10(16)12-2-4-13(5-3-12)14-7-6-11(8-14)9-15/h2-5,10-11,15-16H,6-9H2,1H3/t10-,11?/m1/s1. The maximum absolute atomic E-state index is 9.41. The number of hydrogen-bond acceptors (Lipinski definition) is 3. The molecule has 0 radical (unpaired) electrons. The molecular formula is C13H19NO2. The Morgan fingerprint density at radius 3 is 2.56 bits per heavy atom. The first-order valence-electron chi connectivity index (χ1n) is 5.84. The molecule has 2 rings (SSSR count). The highest BCUT2D eigenvalue weighted by atomic mass is 16.3. The van der Waals surface area contributed by atoms with Crippen molar-refractivity contribution in [1.29, 1.82) is 0 Å². The van der Waals surface area contributed by atoms with Crippen LogP contribution in [-0.4, -0.2) is 29.9 Å². The summed E-state index contributed by atoms with van der Waals surface area (Å²) >= 11 is 0. The van der Waals surface area contributed by atoms with Crippen molar-refractivity contribution in [2.75, 3.05) is 24.6 Å². The summed E-state index contributed by atoms with van der Waals surface area (Å²) < 4.78 is 0. The Morgan fingerprint density at radius 1 is 1.38 bits per heavy atom. The molecule has 1 fully saturated rings. The zero-order valence-electron chi connectivity index (χ0n) is 9.63. The van der Waals surface area contributed by atoms with Gasteiger partial charge in [-0.15, -0.1) is 0 Å². The number of aliphatic hydroxyl groups is 2. The Balaban J connectivity index is 2.05. The first-order valence-corrected chi connectivity index (χ1v) is 5.84. The minimum absolute atomic E-state index is 0.280. The van der Waals surface area contributed by atoms with Crippen molar-refractivity contribution >= 4 is 5.69 Å². The number of nitrogens with zero attached hydrogens (tertiary/aromatic N) is 1. The fourth-order valence-corrected chi connectivity index (χ4v) is 2.18. The van der Waals surface area contributed by atoms with E-state index in [4.69, 9.17) is 5.11 Å². The Hall–Kier alpha value is -1.06. The van der Waals surface area contributed by atoms with Gasteiger partial charge in [0, 0.05) is 31.3 Å². The summed E-state index contributed by atoms with van der Waals surface area (Å²) in [5.41, 5.74) is 2.13. The number of aliphatic hydroxyl groups excluding tert-OH is 2. The average Bonchev–Trinajstić information content (AvgIpc) is 2.77. The van der Waals surface area contributed by atoms with Gasteiger partial charge in [0.25, 0.3) is 0 Å². The lowest BCUT2D eigenvalue weighted by Crippen LogP contribution is -2.20. The molecule has 2 N–H and O–H groups in total. The Bertz CT molecular complexity index is 334. The van der Waals surface area contributed by atoms with E-state index in [-0.39, 0.29) is 6.61 Å². The van der Waals surface area contributed by atoms with Crippen molar-refractivity contribution in [1.82, 2.24) is 0 Å². The molecule has 0 spiro atoms. The molecule has 0 saturated carbocycles. The van der Waals surface area contributed by atoms with Gasteiger partial charge in [0.05, 0.1) is 6.10 Å². The van der Waals surface area contributed by atoms with Crippen LogP contribution < -0.4 is 4.90 Å². The molecule has 88 valence electrons. The molecule has 1 aromatic carbocycles. The summed E-state index contributed by atoms with van der Waals surface area (Å²) in [6, 6.07) is 8.02. The SMILES string of the molecule is C[C@@H](O)c1ccc(N2CCC(CO)C2)cc1. The van der Waals surface area contributed by atoms with E-state index >= 15 is 0 Å². The highest BCUT2D eigenvalue weighted by Gasteiger charge is 2.21. The van der Waals surface area contributed by atoms with Crippen LogP contribution in [0.25, 0.3) is 0 Å². The molecule has 1 heterocycles. The van der Waals surface area contributed by atoms with Gasteiger partial charge in [-0.25, -0.2) is 0 Å². The van der Waals surface area contributed by atoms with Crippen molar-refractivity contribution in [3.05, 3.63) is 29.8 Å². The van der Waals surface area contributed by atoms with Crippen LogP contribution in [0.4, 0.5) is 5.69 Å². The van der Waals surface area contributed by atoms with Crippen LogP contribution in [0, 0.1) is 5.92 Å². The predicted molar refractivity (Wildman–Crippen MR) is 64.5 cm³/mol. The second-order valence-corrected chi connectivity index (χ2v) is 4.55. The van der Waals surface area contributed by atoms with Crippen LogP contribution in [-0.2, 0) is 0 Å². The number of rotatable bonds is 3. The van der Waals surface area contributed by atoms with E-state index in [0.717, 1.165) is 25.1 Å². The lowest BCUT2D eigenvalue weighted by Gasteiger charge is -2.19. The number of anilines is 1. The zero-order valence-corrected chi connectivity index (χ0v) is 9.63. The summed E-state index contributed by atoms with van der Waals surface area (Å²) in [5, 5.41) is 18.5. The van der Waals surface area contributed by atoms with Crippen molar-refractivity contribution < 1.29 is 10.2 Å². The largest absolute Gasteiger partial charge is 0.396 e. The van der Waals surface area contributed by atoms with E-state index in [1.807, 2.05) is 24.3 Å². The Kier molecular flexibility index (Phi) is 3.46. The summed E-state index contributed by atoms with van der Waals surface area (Å²) in [5.74, 6) is 0.413. The molecular weight excluding hydrogens is 202 g/mol. The van der Waals surface area contributed by atoms with E-state index in [1.165, 1.54) is 5.69 Å². The summed E-state index contributed by atoms with van der Waals surface area (Å²) in [7, 11) is 0. The van der Waals surface area contributed by atoms with E-state index in [1.54, 1.807) is 6.92 Å². The maximum atomic E-state index is 9.41. The van der Waals surface area contributed by atoms with Gasteiger partial charge >= 0.3 is 0 Å². The molecule has 0 bridgehead atoms. The smallest absolute Gasteiger partial charge is 0.0761 e. The van der Waals surface area contributed by atoms with Crippen molar-refractivity contribution in [2.24, 2.45) is 5.92 Å². The topological polar surface area (TPSA) is 43.7 Å². The van der Waals surface area contributed by atoms with Gasteiger partial charge < -0.3 is 15.1 Å². The van der Waals surface area contributed by atoms with E-state index in [9.17, 15) is 5.11 Å². The molecule has 0 amide bonds. The summed E-state index contributed by atoms with van der Waals surface area (Å²) in [6.45, 7) is 4.00. The fourth-order valence-electron chi connectivity index (χ4n) is 2.18. The van der Waals surface area contributed by atoms with E-state index in [2.05, 4.69) is 4.90 Å². The second-order valence-electron chi connectivity index (χ2n) is 4.55. The normalized spacial score (nSPS) is 22.4. The molecule has 1 saturated heterocycles. The third kappa shape index (κ3) is 2.36. The minimum atomic E-state index is -0.405. The second kappa shape index (κ2) is 4.85. The lowest BCUT2D eigenvalue weighted by atomic mass is 10.1. The van der Waals surface area contributed by atoms with Crippen LogP contribution >= 0.6 is 0 Å². The van der Waals surface area contributed by atoms with Gasteiger partial charge in [0.2, 0.25) is 0 Å². The van der Waals surface area contributed by atoms with Gasteiger partial charge in [-0.05, 0) is 31.0 Å². The minimum Gasteiger partial charge on any atom is -0.396 e. The predicted octanol–water partition coefficient (Wildman–Crippen LogP) is 1.56. The van der Waals surface area contributed by atoms with Crippen molar-refractivity contribution in [2.45, 2.75) is 19.4 Å². The third-order valence-electron chi connectivity index (χ3n) is 3.28. The highest BCUT2D eigenvalue weighted by Crippen LogP contribution is 2.24. The van der Waals surface area contributed by atoms with E-state index < -0.39 is 6.10 Å². The average molecular weight is 221 g/mol. The molecule has 3 nitrogen and oxygen atoms in total. The fraction of sp³-hybridized carbons (Fsp3) is 0.538. The quantitative estimate of drug-likeness (QED) is 0.814. The van der Waals surface area contributed by atoms with Gasteiger partial charge in [0.1, 0.15) is 0 Å². The molecule has 0 aromatic heterocycles. The van der Waals surface area contributed by atoms with Crippen LogP contribution in [0.1, 0.15) is 25.0 Å². The summed E-state index contributed by atoms with van der Waals surface area (Å²) in [4.78, 5) is 2.28. The molecule has 16 heavy (non-hydrogen) atoms. The maximum Gasteiger partial charge on any atom is 0.0761 e. The van der Waals surface area contributed by atoms with Crippen LogP contribution in [0.3, 0.4) is 0 Å². The molecule has 1 unspecified atom stereocenters. The molecule has 1 aromatic rings. The van der Waals surface area contributed by atoms with Crippen LogP contribution in [0.2, 0.25) is 0 Å². The van der Waals surface area contributed by atoms with Gasteiger partial charge in [-0.1, -0.05) is 12.1 Å². The van der Waals surface area contributed by atoms with Gasteiger partial charge in [-0.2, -0.15) is 0 Å². The summed E-state index contributed by atoms with van der Waals surface area (Å²) in [6.07, 6.45) is 0.659. The first kappa shape index (κ1) is 11.4. The van der Waals surface area contributed by atoms with Gasteiger partial charge in [0.15, 0.2) is 0 Å². The number of benzene rings is 1. The molecule has 0 aliphatic carbocycles. The van der Waals surface area contributed by atoms with Crippen molar-refractivity contribution in [3.63, 3.8) is 0 Å². The monoisotopic (exact) mass is 221 g/mol. The lowest BCUT2D eigenvalue weighted by molar-refractivity contribution is 0.199. The zero-order chi connectivity index (χ0) is 11.5. The van der Waals surface area contributed by atoms with Crippen LogP contribution in [0.5, 0.6) is 0 Å². The molecule has 2 atom stereocenters. The highest BCUT2D eigenvalue weighted by molar-refractivity contribution is 5.48. The molecule has 1 aliphatic rings. The first-order chi connectivity index (χ1) is 7.70. The third-order valence-corrected chi connectivity index (χ3v) is 3.28. The Labute approximate surface area is 96.3 Å². The molecule has 3 heteroatoms. The van der Waals surface area contributed by atoms with Gasteiger partial charge in [-0.3, -0.25) is 0 Å². The van der Waals surface area contributed by atoms with E-state index in [0.29, 0.717) is 5.92 Å². The Morgan fingerprint density at radius 2 is 2.06 bits per heavy atom.